The van der Waals surface area contributed by atoms with Gasteiger partial charge in [-0.15, -0.1) is 0 Å². The Kier molecular flexibility index (Phi) is 6.88. The summed E-state index contributed by atoms with van der Waals surface area (Å²) in [6.45, 7) is 9.39. The van der Waals surface area contributed by atoms with Gasteiger partial charge in [-0.05, 0) is 50.4 Å². The predicted molar refractivity (Wildman–Crippen MR) is 109 cm³/mol. The average Bonchev–Trinajstić information content (AvgIpc) is 3.33. The molecule has 150 valence electrons. The molecule has 2 unspecified atom stereocenters. The summed E-state index contributed by atoms with van der Waals surface area (Å²) in [6, 6.07) is 3.85. The molecule has 6 nitrogen and oxygen atoms in total. The molecule has 3 heterocycles. The van der Waals surface area contributed by atoms with E-state index in [-0.39, 0.29) is 11.9 Å². The molecule has 2 N–H and O–H groups in total. The first-order chi connectivity index (χ1) is 13.1. The van der Waals surface area contributed by atoms with E-state index in [2.05, 4.69) is 39.4 Å². The summed E-state index contributed by atoms with van der Waals surface area (Å²) in [4.78, 5) is 13.2. The van der Waals surface area contributed by atoms with Crippen molar-refractivity contribution in [1.29, 1.82) is 0 Å². The van der Waals surface area contributed by atoms with Crippen LogP contribution in [0.1, 0.15) is 33.1 Å². The number of halogens is 1. The van der Waals surface area contributed by atoms with Gasteiger partial charge in [0, 0.05) is 45.0 Å². The third-order valence-corrected chi connectivity index (χ3v) is 5.65. The summed E-state index contributed by atoms with van der Waals surface area (Å²) in [5.74, 6) is 1.61. The number of hydrogen-bond acceptors (Lipinski definition) is 4. The van der Waals surface area contributed by atoms with E-state index in [1.165, 1.54) is 32.0 Å². The van der Waals surface area contributed by atoms with Crippen LogP contribution in [0.25, 0.3) is 0 Å². The number of rotatable bonds is 6. The van der Waals surface area contributed by atoms with Gasteiger partial charge in [-0.1, -0.05) is 13.8 Å². The van der Waals surface area contributed by atoms with Crippen LogP contribution < -0.4 is 15.5 Å². The van der Waals surface area contributed by atoms with E-state index >= 15 is 0 Å². The Morgan fingerprint density at radius 3 is 2.78 bits per heavy atom. The Morgan fingerprint density at radius 1 is 1.33 bits per heavy atom. The second kappa shape index (κ2) is 9.35. The van der Waals surface area contributed by atoms with Crippen LogP contribution in [-0.4, -0.2) is 67.7 Å². The lowest BCUT2D eigenvalue weighted by Crippen LogP contribution is -2.50. The second-order valence-electron chi connectivity index (χ2n) is 7.89. The van der Waals surface area contributed by atoms with Crippen LogP contribution in [0.4, 0.5) is 10.2 Å². The third-order valence-electron chi connectivity index (χ3n) is 5.65. The van der Waals surface area contributed by atoms with Crippen LogP contribution in [0.2, 0.25) is 0 Å². The minimum atomic E-state index is -0.258. The van der Waals surface area contributed by atoms with Crippen molar-refractivity contribution >= 4 is 11.8 Å². The number of hydrogen-bond donors (Lipinski definition) is 2. The number of likely N-dealkylation sites (tertiary alicyclic amines) is 1. The molecule has 0 saturated carbocycles. The van der Waals surface area contributed by atoms with Gasteiger partial charge in [0.1, 0.15) is 0 Å². The highest BCUT2D eigenvalue weighted by atomic mass is 19.1. The molecule has 2 fully saturated rings. The molecule has 2 saturated heterocycles. The first-order valence-electron chi connectivity index (χ1n) is 10.1. The molecule has 7 heteroatoms. The summed E-state index contributed by atoms with van der Waals surface area (Å²) >= 11 is 0. The van der Waals surface area contributed by atoms with Crippen molar-refractivity contribution in [2.45, 2.75) is 45.2 Å². The van der Waals surface area contributed by atoms with Crippen molar-refractivity contribution in [2.75, 3.05) is 44.7 Å². The van der Waals surface area contributed by atoms with Crippen LogP contribution >= 0.6 is 0 Å². The first-order valence-corrected chi connectivity index (χ1v) is 10.1. The zero-order valence-electron chi connectivity index (χ0n) is 16.8. The lowest BCUT2D eigenvalue weighted by molar-refractivity contribution is 0.192. The van der Waals surface area contributed by atoms with E-state index in [0.29, 0.717) is 17.8 Å². The van der Waals surface area contributed by atoms with Crippen molar-refractivity contribution in [2.24, 2.45) is 10.9 Å². The van der Waals surface area contributed by atoms with Crippen molar-refractivity contribution in [3.05, 3.63) is 24.1 Å². The van der Waals surface area contributed by atoms with E-state index in [4.69, 9.17) is 0 Å². The van der Waals surface area contributed by atoms with Gasteiger partial charge >= 0.3 is 0 Å². The number of aromatic nitrogens is 1. The van der Waals surface area contributed by atoms with Crippen LogP contribution in [0.15, 0.2) is 23.3 Å². The Morgan fingerprint density at radius 2 is 2.11 bits per heavy atom. The van der Waals surface area contributed by atoms with Gasteiger partial charge in [-0.3, -0.25) is 9.89 Å². The molecule has 0 bridgehead atoms. The molecule has 2 aliphatic heterocycles. The molecule has 3 rings (SSSR count). The molecule has 0 aromatic carbocycles. The fraction of sp³-hybridized carbons (Fsp3) is 0.700. The Balaban J connectivity index is 1.51. The monoisotopic (exact) mass is 376 g/mol. The Labute approximate surface area is 162 Å². The zero-order valence-corrected chi connectivity index (χ0v) is 16.8. The Hall–Kier alpha value is -1.89. The van der Waals surface area contributed by atoms with E-state index in [1.54, 1.807) is 19.3 Å². The van der Waals surface area contributed by atoms with Crippen LogP contribution in [0.3, 0.4) is 0 Å². The molecule has 0 radical (unpaired) electrons. The molecule has 1 aromatic heterocycles. The molecular formula is C20H33FN6. The molecule has 1 aromatic rings. The highest BCUT2D eigenvalue weighted by molar-refractivity contribution is 5.80. The number of aliphatic imine (C=N–C) groups is 1. The summed E-state index contributed by atoms with van der Waals surface area (Å²) in [6.07, 6.45) is 5.19. The molecule has 0 amide bonds. The lowest BCUT2D eigenvalue weighted by Gasteiger charge is -2.31. The maximum Gasteiger partial charge on any atom is 0.191 e. The number of nitrogens with zero attached hydrogens (tertiary/aromatic N) is 4. The van der Waals surface area contributed by atoms with Gasteiger partial charge in [-0.25, -0.2) is 9.37 Å². The smallest absolute Gasteiger partial charge is 0.191 e. The van der Waals surface area contributed by atoms with Gasteiger partial charge in [0.2, 0.25) is 0 Å². The van der Waals surface area contributed by atoms with Crippen LogP contribution in [-0.2, 0) is 0 Å². The molecule has 2 atom stereocenters. The van der Waals surface area contributed by atoms with Crippen LogP contribution in [0, 0.1) is 11.7 Å². The topological polar surface area (TPSA) is 55.8 Å². The minimum absolute atomic E-state index is 0.238. The minimum Gasteiger partial charge on any atom is -0.355 e. The SMILES string of the molecule is CN=C(NCC(C(C)C)N1CCCC1)NC1CCN(c2ncccc2F)C1. The Bertz CT molecular complexity index is 629. The fourth-order valence-electron chi connectivity index (χ4n) is 4.13. The number of anilines is 1. The number of guanidine groups is 1. The van der Waals surface area contributed by atoms with Crippen molar-refractivity contribution in [1.82, 2.24) is 20.5 Å². The fourth-order valence-corrected chi connectivity index (χ4v) is 4.13. The highest BCUT2D eigenvalue weighted by Gasteiger charge is 2.27. The van der Waals surface area contributed by atoms with Gasteiger partial charge in [0.05, 0.1) is 0 Å². The summed E-state index contributed by atoms with van der Waals surface area (Å²) in [7, 11) is 1.81. The lowest BCUT2D eigenvalue weighted by atomic mass is 10.0. The highest BCUT2D eigenvalue weighted by Crippen LogP contribution is 2.21. The van der Waals surface area contributed by atoms with Gasteiger partial charge < -0.3 is 15.5 Å². The third kappa shape index (κ3) is 5.09. The maximum atomic E-state index is 14.0. The molecular weight excluding hydrogens is 343 g/mol. The van der Waals surface area contributed by atoms with Gasteiger partial charge in [0.15, 0.2) is 17.6 Å². The van der Waals surface area contributed by atoms with E-state index in [0.717, 1.165) is 32.0 Å². The normalized spacial score (nSPS) is 22.5. The van der Waals surface area contributed by atoms with E-state index in [1.807, 2.05) is 4.90 Å². The zero-order chi connectivity index (χ0) is 19.2. The van der Waals surface area contributed by atoms with E-state index < -0.39 is 0 Å². The largest absolute Gasteiger partial charge is 0.355 e. The first kappa shape index (κ1) is 19.9. The predicted octanol–water partition coefficient (Wildman–Crippen LogP) is 2.08. The van der Waals surface area contributed by atoms with Crippen molar-refractivity contribution in [3.8, 4) is 0 Å². The van der Waals surface area contributed by atoms with Gasteiger partial charge in [0.25, 0.3) is 0 Å². The van der Waals surface area contributed by atoms with Crippen molar-refractivity contribution < 1.29 is 4.39 Å². The standard InChI is InChI=1S/C20H33FN6/c1-15(2)18(26-10-4-5-11-26)13-24-20(22-3)25-16-8-12-27(14-16)19-17(21)7-6-9-23-19/h6-7,9,15-16,18H,4-5,8,10-14H2,1-3H3,(H2,22,24,25). The molecule has 2 aliphatic rings. The molecule has 27 heavy (non-hydrogen) atoms. The van der Waals surface area contributed by atoms with Crippen LogP contribution in [0.5, 0.6) is 0 Å². The molecule has 0 spiro atoms. The summed E-state index contributed by atoms with van der Waals surface area (Å²) in [5, 5.41) is 7.01. The molecule has 0 aliphatic carbocycles. The van der Waals surface area contributed by atoms with Gasteiger partial charge in [-0.2, -0.15) is 0 Å². The summed E-state index contributed by atoms with van der Waals surface area (Å²) in [5.41, 5.74) is 0. The van der Waals surface area contributed by atoms with Crippen molar-refractivity contribution in [3.63, 3.8) is 0 Å². The maximum absolute atomic E-state index is 14.0. The average molecular weight is 377 g/mol. The number of pyridine rings is 1. The summed E-state index contributed by atoms with van der Waals surface area (Å²) < 4.78 is 14.0. The quantitative estimate of drug-likeness (QED) is 0.588. The number of nitrogens with one attached hydrogen (secondary N) is 2. The van der Waals surface area contributed by atoms with E-state index in [9.17, 15) is 4.39 Å². The second-order valence-corrected chi connectivity index (χ2v) is 7.89.